The van der Waals surface area contributed by atoms with E-state index < -0.39 is 0 Å². The van der Waals surface area contributed by atoms with Crippen molar-refractivity contribution in [1.29, 1.82) is 0 Å². The van der Waals surface area contributed by atoms with Crippen LogP contribution in [-0.4, -0.2) is 12.6 Å². The Morgan fingerprint density at radius 1 is 1.19 bits per heavy atom. The molecule has 90 valence electrons. The number of anilines is 1. The molecule has 2 nitrogen and oxygen atoms in total. The largest absolute Gasteiger partial charge is 0.494 e. The first-order valence-electron chi connectivity index (χ1n) is 6.29. The maximum Gasteiger partial charge on any atom is 0.121 e. The van der Waals surface area contributed by atoms with Crippen molar-refractivity contribution in [2.75, 3.05) is 11.9 Å². The van der Waals surface area contributed by atoms with Gasteiger partial charge in [0.15, 0.2) is 0 Å². The van der Waals surface area contributed by atoms with Crippen LogP contribution in [0, 0.1) is 0 Å². The molecule has 0 heterocycles. The summed E-state index contributed by atoms with van der Waals surface area (Å²) in [4.78, 5) is 0. The molecule has 0 fully saturated rings. The van der Waals surface area contributed by atoms with Gasteiger partial charge in [-0.15, -0.1) is 0 Å². The third-order valence-electron chi connectivity index (χ3n) is 2.66. The zero-order valence-corrected chi connectivity index (χ0v) is 10.6. The molecule has 0 aliphatic carbocycles. The van der Waals surface area contributed by atoms with E-state index in [9.17, 15) is 0 Å². The maximum atomic E-state index is 5.60. The number of benzene rings is 1. The first-order chi connectivity index (χ1) is 7.80. The van der Waals surface area contributed by atoms with Gasteiger partial charge in [0.1, 0.15) is 5.75 Å². The van der Waals surface area contributed by atoms with E-state index in [1.54, 1.807) is 0 Å². The summed E-state index contributed by atoms with van der Waals surface area (Å²) >= 11 is 0. The molecule has 2 heteroatoms. The SMILES string of the molecule is CCCOc1cccc(NC(CC)CC)c1. The second kappa shape index (κ2) is 7.15. The molecule has 0 aliphatic rings. The highest BCUT2D eigenvalue weighted by molar-refractivity contribution is 5.48. The van der Waals surface area contributed by atoms with Crippen molar-refractivity contribution in [3.63, 3.8) is 0 Å². The van der Waals surface area contributed by atoms with E-state index >= 15 is 0 Å². The monoisotopic (exact) mass is 221 g/mol. The van der Waals surface area contributed by atoms with Gasteiger partial charge in [0.25, 0.3) is 0 Å². The molecular weight excluding hydrogens is 198 g/mol. The fourth-order valence-corrected chi connectivity index (χ4v) is 1.62. The van der Waals surface area contributed by atoms with Crippen LogP contribution < -0.4 is 10.1 Å². The second-order valence-corrected chi connectivity index (χ2v) is 4.03. The van der Waals surface area contributed by atoms with Crippen LogP contribution in [0.2, 0.25) is 0 Å². The minimum absolute atomic E-state index is 0.557. The van der Waals surface area contributed by atoms with Crippen LogP contribution in [0.3, 0.4) is 0 Å². The summed E-state index contributed by atoms with van der Waals surface area (Å²) in [5, 5.41) is 3.52. The molecule has 1 aromatic rings. The van der Waals surface area contributed by atoms with E-state index in [4.69, 9.17) is 4.74 Å². The van der Waals surface area contributed by atoms with Gasteiger partial charge in [0.2, 0.25) is 0 Å². The lowest BCUT2D eigenvalue weighted by atomic mass is 10.1. The standard InChI is InChI=1S/C14H23NO/c1-4-10-16-14-9-7-8-13(11-14)15-12(5-2)6-3/h7-9,11-12,15H,4-6,10H2,1-3H3. The van der Waals surface area contributed by atoms with Gasteiger partial charge < -0.3 is 10.1 Å². The van der Waals surface area contributed by atoms with Gasteiger partial charge in [-0.25, -0.2) is 0 Å². The molecule has 0 unspecified atom stereocenters. The van der Waals surface area contributed by atoms with Gasteiger partial charge in [0, 0.05) is 17.8 Å². The van der Waals surface area contributed by atoms with E-state index in [-0.39, 0.29) is 0 Å². The van der Waals surface area contributed by atoms with Gasteiger partial charge in [-0.1, -0.05) is 26.8 Å². The Kier molecular flexibility index (Phi) is 5.76. The minimum atomic E-state index is 0.557. The van der Waals surface area contributed by atoms with E-state index in [2.05, 4.69) is 38.2 Å². The summed E-state index contributed by atoms with van der Waals surface area (Å²) in [7, 11) is 0. The number of hydrogen-bond acceptors (Lipinski definition) is 2. The van der Waals surface area contributed by atoms with Crippen LogP contribution in [0.25, 0.3) is 0 Å². The van der Waals surface area contributed by atoms with Crippen LogP contribution in [0.4, 0.5) is 5.69 Å². The van der Waals surface area contributed by atoms with Gasteiger partial charge >= 0.3 is 0 Å². The van der Waals surface area contributed by atoms with Crippen molar-refractivity contribution in [2.45, 2.75) is 46.1 Å². The third-order valence-corrected chi connectivity index (χ3v) is 2.66. The first-order valence-corrected chi connectivity index (χ1v) is 6.29. The van der Waals surface area contributed by atoms with Crippen LogP contribution >= 0.6 is 0 Å². The summed E-state index contributed by atoms with van der Waals surface area (Å²) in [5.74, 6) is 0.956. The summed E-state index contributed by atoms with van der Waals surface area (Å²) in [6.07, 6.45) is 3.34. The van der Waals surface area contributed by atoms with Gasteiger partial charge in [-0.2, -0.15) is 0 Å². The van der Waals surface area contributed by atoms with Gasteiger partial charge in [0.05, 0.1) is 6.61 Å². The molecule has 1 N–H and O–H groups in total. The highest BCUT2D eigenvalue weighted by Gasteiger charge is 2.03. The fraction of sp³-hybridized carbons (Fsp3) is 0.571. The van der Waals surface area contributed by atoms with Crippen LogP contribution in [0.1, 0.15) is 40.0 Å². The Balaban J connectivity index is 2.59. The second-order valence-electron chi connectivity index (χ2n) is 4.03. The lowest BCUT2D eigenvalue weighted by Gasteiger charge is -2.16. The van der Waals surface area contributed by atoms with Gasteiger partial charge in [-0.05, 0) is 31.4 Å². The topological polar surface area (TPSA) is 21.3 Å². The number of ether oxygens (including phenoxy) is 1. The Bertz CT molecular complexity index is 295. The summed E-state index contributed by atoms with van der Waals surface area (Å²) in [6.45, 7) is 7.32. The molecule has 0 amide bonds. The quantitative estimate of drug-likeness (QED) is 0.749. The zero-order valence-electron chi connectivity index (χ0n) is 10.6. The molecule has 0 aromatic heterocycles. The molecule has 0 saturated carbocycles. The van der Waals surface area contributed by atoms with Crippen molar-refractivity contribution < 1.29 is 4.74 Å². The van der Waals surface area contributed by atoms with Gasteiger partial charge in [-0.3, -0.25) is 0 Å². The average molecular weight is 221 g/mol. The Labute approximate surface area is 99.0 Å². The molecule has 0 spiro atoms. The molecular formula is C14H23NO. The Morgan fingerprint density at radius 2 is 1.94 bits per heavy atom. The number of rotatable bonds is 7. The first kappa shape index (κ1) is 12.9. The summed E-state index contributed by atoms with van der Waals surface area (Å²) in [5.41, 5.74) is 1.15. The zero-order chi connectivity index (χ0) is 11.8. The average Bonchev–Trinajstić information content (AvgIpc) is 2.34. The number of hydrogen-bond donors (Lipinski definition) is 1. The Hall–Kier alpha value is -1.18. The molecule has 1 aromatic carbocycles. The molecule has 0 atom stereocenters. The Morgan fingerprint density at radius 3 is 2.56 bits per heavy atom. The van der Waals surface area contributed by atoms with Crippen molar-refractivity contribution in [2.24, 2.45) is 0 Å². The number of nitrogens with one attached hydrogen (secondary N) is 1. The molecule has 0 bridgehead atoms. The van der Waals surface area contributed by atoms with E-state index in [0.29, 0.717) is 6.04 Å². The van der Waals surface area contributed by atoms with E-state index in [1.165, 1.54) is 0 Å². The lowest BCUT2D eigenvalue weighted by molar-refractivity contribution is 0.317. The predicted octanol–water partition coefficient (Wildman–Crippen LogP) is 4.08. The third kappa shape index (κ3) is 4.13. The van der Waals surface area contributed by atoms with E-state index in [1.807, 2.05) is 12.1 Å². The van der Waals surface area contributed by atoms with Crippen molar-refractivity contribution >= 4 is 5.69 Å². The molecule has 0 aliphatic heterocycles. The molecule has 0 saturated heterocycles. The highest BCUT2D eigenvalue weighted by atomic mass is 16.5. The summed E-state index contributed by atoms with van der Waals surface area (Å²) in [6, 6.07) is 8.77. The van der Waals surface area contributed by atoms with Crippen molar-refractivity contribution in [3.8, 4) is 5.75 Å². The van der Waals surface area contributed by atoms with E-state index in [0.717, 1.165) is 37.3 Å². The lowest BCUT2D eigenvalue weighted by Crippen LogP contribution is -2.16. The molecule has 1 rings (SSSR count). The minimum Gasteiger partial charge on any atom is -0.494 e. The smallest absolute Gasteiger partial charge is 0.121 e. The normalized spacial score (nSPS) is 10.5. The maximum absolute atomic E-state index is 5.60. The highest BCUT2D eigenvalue weighted by Crippen LogP contribution is 2.19. The van der Waals surface area contributed by atoms with Crippen LogP contribution in [0.15, 0.2) is 24.3 Å². The molecule has 16 heavy (non-hydrogen) atoms. The fourth-order valence-electron chi connectivity index (χ4n) is 1.62. The molecule has 0 radical (unpaired) electrons. The van der Waals surface area contributed by atoms with Crippen LogP contribution in [0.5, 0.6) is 5.75 Å². The van der Waals surface area contributed by atoms with Crippen molar-refractivity contribution in [3.05, 3.63) is 24.3 Å². The van der Waals surface area contributed by atoms with Crippen LogP contribution in [-0.2, 0) is 0 Å². The summed E-state index contributed by atoms with van der Waals surface area (Å²) < 4.78 is 5.60. The van der Waals surface area contributed by atoms with Crippen molar-refractivity contribution in [1.82, 2.24) is 0 Å². The predicted molar refractivity (Wildman–Crippen MR) is 70.2 cm³/mol.